The summed E-state index contributed by atoms with van der Waals surface area (Å²) < 4.78 is 1.80. The van der Waals surface area contributed by atoms with Crippen LogP contribution in [0.1, 0.15) is 13.3 Å². The summed E-state index contributed by atoms with van der Waals surface area (Å²) in [5, 5.41) is 14.3. The molecule has 0 bridgehead atoms. The minimum atomic E-state index is 0.653. The summed E-state index contributed by atoms with van der Waals surface area (Å²) in [5.41, 5.74) is 3.71. The molecule has 5 heteroatoms. The Hall–Kier alpha value is -1.46. The van der Waals surface area contributed by atoms with Crippen LogP contribution in [0.2, 0.25) is 0 Å². The minimum Gasteiger partial charge on any atom is -0.291 e. The molecule has 0 amide bonds. The second kappa shape index (κ2) is 5.75. The quantitative estimate of drug-likeness (QED) is 0.631. The lowest BCUT2D eigenvalue weighted by atomic mass is 10.3. The van der Waals surface area contributed by atoms with Crippen molar-refractivity contribution in [1.82, 2.24) is 9.78 Å². The predicted molar refractivity (Wildman–Crippen MR) is 70.0 cm³/mol. The van der Waals surface area contributed by atoms with E-state index in [4.69, 9.17) is 5.21 Å². The number of nitrogens with zero attached hydrogens (tertiary/aromatic N) is 2. The number of benzene rings is 1. The number of hydrogen-bond donors (Lipinski definition) is 2. The van der Waals surface area contributed by atoms with E-state index in [1.807, 2.05) is 30.5 Å². The molecule has 0 aliphatic rings. The van der Waals surface area contributed by atoms with E-state index in [0.717, 1.165) is 22.9 Å². The highest BCUT2D eigenvalue weighted by Gasteiger charge is 2.02. The molecule has 2 N–H and O–H groups in total. The van der Waals surface area contributed by atoms with Crippen molar-refractivity contribution in [3.05, 3.63) is 36.5 Å². The number of anilines is 1. The number of rotatable bonds is 5. The lowest BCUT2D eigenvalue weighted by Gasteiger charge is -2.03. The van der Waals surface area contributed by atoms with E-state index in [9.17, 15) is 0 Å². The average molecular weight is 249 g/mol. The highest BCUT2D eigenvalue weighted by molar-refractivity contribution is 7.99. The van der Waals surface area contributed by atoms with E-state index in [1.165, 1.54) is 0 Å². The molecule has 1 aromatic heterocycles. The second-order valence-electron chi connectivity index (χ2n) is 3.61. The predicted octanol–water partition coefficient (Wildman–Crippen LogP) is 3.18. The summed E-state index contributed by atoms with van der Waals surface area (Å²) >= 11 is 1.75. The van der Waals surface area contributed by atoms with Gasteiger partial charge in [-0.2, -0.15) is 5.10 Å². The number of aromatic nitrogens is 2. The molecule has 90 valence electrons. The number of thioether (sulfide) groups is 1. The summed E-state index contributed by atoms with van der Waals surface area (Å²) in [6.07, 6.45) is 3.07. The van der Waals surface area contributed by atoms with E-state index in [-0.39, 0.29) is 0 Å². The fourth-order valence-corrected chi connectivity index (χ4v) is 2.17. The minimum absolute atomic E-state index is 0.653. The van der Waals surface area contributed by atoms with E-state index in [1.54, 1.807) is 22.5 Å². The Kier molecular flexibility index (Phi) is 4.06. The lowest BCUT2D eigenvalue weighted by molar-refractivity contribution is 0.389. The Morgan fingerprint density at radius 3 is 3.06 bits per heavy atom. The van der Waals surface area contributed by atoms with Crippen molar-refractivity contribution in [2.75, 3.05) is 11.2 Å². The summed E-state index contributed by atoms with van der Waals surface area (Å²) in [5.74, 6) is 1.08. The Morgan fingerprint density at radius 2 is 2.29 bits per heavy atom. The summed E-state index contributed by atoms with van der Waals surface area (Å²) in [7, 11) is 0. The van der Waals surface area contributed by atoms with Crippen molar-refractivity contribution >= 4 is 17.4 Å². The van der Waals surface area contributed by atoms with Gasteiger partial charge in [0.15, 0.2) is 0 Å². The van der Waals surface area contributed by atoms with Crippen LogP contribution in [0.4, 0.5) is 5.69 Å². The molecule has 1 heterocycles. The topological polar surface area (TPSA) is 50.1 Å². The number of nitrogens with one attached hydrogen (secondary N) is 1. The molecule has 2 rings (SSSR count). The van der Waals surface area contributed by atoms with Crippen LogP contribution in [0.5, 0.6) is 0 Å². The first kappa shape index (κ1) is 12.0. The zero-order valence-electron chi connectivity index (χ0n) is 9.63. The van der Waals surface area contributed by atoms with Crippen molar-refractivity contribution in [2.45, 2.75) is 18.4 Å². The third-order valence-electron chi connectivity index (χ3n) is 2.26. The standard InChI is InChI=1S/C12H15N3OS/c1-2-8-17-12-6-7-15(13-12)11-5-3-4-10(9-11)14-16/h3-7,9,14,16H,2,8H2,1H3. The average Bonchev–Trinajstić information content (AvgIpc) is 2.85. The van der Waals surface area contributed by atoms with Crippen LogP contribution in [0.15, 0.2) is 41.6 Å². The van der Waals surface area contributed by atoms with Crippen LogP contribution >= 0.6 is 11.8 Å². The molecule has 0 saturated heterocycles. The van der Waals surface area contributed by atoms with Crippen molar-refractivity contribution in [3.63, 3.8) is 0 Å². The van der Waals surface area contributed by atoms with Crippen LogP contribution < -0.4 is 5.48 Å². The highest BCUT2D eigenvalue weighted by atomic mass is 32.2. The van der Waals surface area contributed by atoms with Gasteiger partial charge >= 0.3 is 0 Å². The zero-order chi connectivity index (χ0) is 12.1. The lowest BCUT2D eigenvalue weighted by Crippen LogP contribution is -1.96. The first-order valence-electron chi connectivity index (χ1n) is 5.52. The molecule has 1 aromatic carbocycles. The Bertz CT molecular complexity index is 484. The summed E-state index contributed by atoms with van der Waals surface area (Å²) in [6.45, 7) is 2.15. The van der Waals surface area contributed by atoms with Gasteiger partial charge in [0.25, 0.3) is 0 Å². The van der Waals surface area contributed by atoms with Gasteiger partial charge in [0, 0.05) is 6.20 Å². The maximum atomic E-state index is 8.85. The normalized spacial score (nSPS) is 10.5. The molecule has 0 radical (unpaired) electrons. The largest absolute Gasteiger partial charge is 0.291 e. The third kappa shape index (κ3) is 3.01. The molecule has 2 aromatic rings. The molecular weight excluding hydrogens is 234 g/mol. The molecule has 0 saturated carbocycles. The van der Waals surface area contributed by atoms with Crippen molar-refractivity contribution in [3.8, 4) is 5.69 Å². The van der Waals surface area contributed by atoms with Gasteiger partial charge in [-0.15, -0.1) is 11.8 Å². The van der Waals surface area contributed by atoms with Crippen molar-refractivity contribution in [1.29, 1.82) is 0 Å². The first-order valence-corrected chi connectivity index (χ1v) is 6.51. The fourth-order valence-electron chi connectivity index (χ4n) is 1.45. The van der Waals surface area contributed by atoms with Gasteiger partial charge in [0.05, 0.1) is 11.4 Å². The van der Waals surface area contributed by atoms with Crippen molar-refractivity contribution in [2.24, 2.45) is 0 Å². The monoisotopic (exact) mass is 249 g/mol. The van der Waals surface area contributed by atoms with Gasteiger partial charge in [-0.25, -0.2) is 4.68 Å². The van der Waals surface area contributed by atoms with E-state index < -0.39 is 0 Å². The Morgan fingerprint density at radius 1 is 1.41 bits per heavy atom. The van der Waals surface area contributed by atoms with Gasteiger partial charge < -0.3 is 0 Å². The Labute approximate surface area is 105 Å². The third-order valence-corrected chi connectivity index (χ3v) is 3.38. The van der Waals surface area contributed by atoms with Gasteiger partial charge in [0.2, 0.25) is 0 Å². The first-order chi connectivity index (χ1) is 8.33. The van der Waals surface area contributed by atoms with Gasteiger partial charge in [-0.05, 0) is 36.4 Å². The van der Waals surface area contributed by atoms with E-state index in [0.29, 0.717) is 5.69 Å². The SMILES string of the molecule is CCCSc1ccn(-c2cccc(NO)c2)n1. The number of hydrogen-bond acceptors (Lipinski definition) is 4. The fraction of sp³-hybridized carbons (Fsp3) is 0.250. The molecule has 0 spiro atoms. The maximum Gasteiger partial charge on any atom is 0.119 e. The van der Waals surface area contributed by atoms with Crippen LogP contribution in [0.25, 0.3) is 5.69 Å². The molecule has 0 fully saturated rings. The van der Waals surface area contributed by atoms with E-state index in [2.05, 4.69) is 17.5 Å². The van der Waals surface area contributed by atoms with Gasteiger partial charge in [-0.3, -0.25) is 10.7 Å². The van der Waals surface area contributed by atoms with Crippen LogP contribution in [-0.4, -0.2) is 20.7 Å². The zero-order valence-corrected chi connectivity index (χ0v) is 10.4. The smallest absolute Gasteiger partial charge is 0.119 e. The van der Waals surface area contributed by atoms with Gasteiger partial charge in [-0.1, -0.05) is 13.0 Å². The molecule has 17 heavy (non-hydrogen) atoms. The molecule has 0 unspecified atom stereocenters. The van der Waals surface area contributed by atoms with Crippen molar-refractivity contribution < 1.29 is 5.21 Å². The summed E-state index contributed by atoms with van der Waals surface area (Å²) in [6, 6.07) is 9.44. The maximum absolute atomic E-state index is 8.85. The van der Waals surface area contributed by atoms with Crippen LogP contribution in [0.3, 0.4) is 0 Å². The molecule has 4 nitrogen and oxygen atoms in total. The second-order valence-corrected chi connectivity index (χ2v) is 4.72. The molecule has 0 aliphatic carbocycles. The Balaban J connectivity index is 2.18. The molecule has 0 aliphatic heterocycles. The summed E-state index contributed by atoms with van der Waals surface area (Å²) in [4.78, 5) is 0. The molecule has 0 atom stereocenters. The molecular formula is C12H15N3OS. The van der Waals surface area contributed by atoms with E-state index >= 15 is 0 Å². The van der Waals surface area contributed by atoms with Gasteiger partial charge in [0.1, 0.15) is 5.03 Å². The highest BCUT2D eigenvalue weighted by Crippen LogP contribution is 2.19. The van der Waals surface area contributed by atoms with Crippen LogP contribution in [0, 0.1) is 0 Å². The van der Waals surface area contributed by atoms with Crippen LogP contribution in [-0.2, 0) is 0 Å².